The molecule has 1 aliphatic rings. The standard InChI is InChI=1S/C22H29N5O4/c1-16-2-5-20(24-15-16)25-22(29)18-3-4-19-17(14-18)6-9-27(19)26-21(28)7-10-30-12-13-31-11-8-23/h2-5,14-15H,6-13,23H2,1H3,(H,26,28)(H,24,25,29). The Hall–Kier alpha value is -3.01. The number of fused-ring (bicyclic) bond motifs is 1. The minimum Gasteiger partial charge on any atom is -0.379 e. The number of benzene rings is 1. The molecule has 0 spiro atoms. The van der Waals surface area contributed by atoms with Gasteiger partial charge in [0.1, 0.15) is 5.82 Å². The number of anilines is 2. The Labute approximate surface area is 181 Å². The summed E-state index contributed by atoms with van der Waals surface area (Å²) >= 11 is 0. The highest BCUT2D eigenvalue weighted by molar-refractivity contribution is 6.04. The third-order valence-corrected chi connectivity index (χ3v) is 4.76. The molecule has 9 nitrogen and oxygen atoms in total. The number of carbonyl (C=O) groups excluding carboxylic acids is 2. The van der Waals surface area contributed by atoms with Crippen LogP contribution < -0.4 is 21.5 Å². The fourth-order valence-electron chi connectivity index (χ4n) is 3.17. The number of aryl methyl sites for hydroxylation is 1. The fraction of sp³-hybridized carbons (Fsp3) is 0.409. The molecule has 0 saturated carbocycles. The van der Waals surface area contributed by atoms with Crippen LogP contribution in [0.2, 0.25) is 0 Å². The van der Waals surface area contributed by atoms with Gasteiger partial charge < -0.3 is 20.5 Å². The molecule has 2 heterocycles. The van der Waals surface area contributed by atoms with E-state index >= 15 is 0 Å². The van der Waals surface area contributed by atoms with E-state index in [-0.39, 0.29) is 18.2 Å². The number of nitrogens with one attached hydrogen (secondary N) is 2. The average molecular weight is 428 g/mol. The number of rotatable bonds is 11. The Bertz CT molecular complexity index is 888. The summed E-state index contributed by atoms with van der Waals surface area (Å²) in [7, 11) is 0. The number of hydrogen-bond acceptors (Lipinski definition) is 7. The van der Waals surface area contributed by atoms with E-state index in [2.05, 4.69) is 15.7 Å². The van der Waals surface area contributed by atoms with Crippen molar-refractivity contribution in [3.05, 3.63) is 53.2 Å². The zero-order valence-corrected chi connectivity index (χ0v) is 17.7. The second-order valence-corrected chi connectivity index (χ2v) is 7.22. The number of carbonyl (C=O) groups is 2. The first kappa shape index (κ1) is 22.7. The molecular weight excluding hydrogens is 398 g/mol. The molecule has 9 heteroatoms. The van der Waals surface area contributed by atoms with Crippen LogP contribution in [0, 0.1) is 6.92 Å². The van der Waals surface area contributed by atoms with Crippen LogP contribution in [0.5, 0.6) is 0 Å². The molecule has 0 saturated heterocycles. The van der Waals surface area contributed by atoms with E-state index in [1.165, 1.54) is 0 Å². The number of ether oxygens (including phenoxy) is 2. The van der Waals surface area contributed by atoms with Gasteiger partial charge in [-0.05, 0) is 48.7 Å². The lowest BCUT2D eigenvalue weighted by Gasteiger charge is -2.20. The van der Waals surface area contributed by atoms with Gasteiger partial charge in [-0.25, -0.2) is 4.98 Å². The van der Waals surface area contributed by atoms with E-state index in [0.717, 1.165) is 23.2 Å². The van der Waals surface area contributed by atoms with Crippen molar-refractivity contribution < 1.29 is 19.1 Å². The molecule has 166 valence electrons. The van der Waals surface area contributed by atoms with Crippen molar-refractivity contribution in [2.24, 2.45) is 5.73 Å². The van der Waals surface area contributed by atoms with E-state index in [0.29, 0.717) is 50.9 Å². The molecular formula is C22H29N5O4. The second-order valence-electron chi connectivity index (χ2n) is 7.22. The zero-order valence-electron chi connectivity index (χ0n) is 17.7. The Morgan fingerprint density at radius 2 is 1.94 bits per heavy atom. The predicted molar refractivity (Wildman–Crippen MR) is 118 cm³/mol. The van der Waals surface area contributed by atoms with E-state index in [4.69, 9.17) is 15.2 Å². The van der Waals surface area contributed by atoms with Gasteiger partial charge >= 0.3 is 0 Å². The Kier molecular flexibility index (Phi) is 8.34. The molecule has 0 atom stereocenters. The maximum absolute atomic E-state index is 12.5. The molecule has 1 aromatic heterocycles. The first-order valence-corrected chi connectivity index (χ1v) is 10.4. The highest BCUT2D eigenvalue weighted by Crippen LogP contribution is 2.27. The molecule has 4 N–H and O–H groups in total. The van der Waals surface area contributed by atoms with E-state index in [1.54, 1.807) is 18.3 Å². The SMILES string of the molecule is Cc1ccc(NC(=O)c2ccc3c(c2)CCN3NC(=O)CCOCCOCCN)nc1. The number of pyridine rings is 1. The molecule has 0 unspecified atom stereocenters. The second kappa shape index (κ2) is 11.4. The number of amides is 2. The Morgan fingerprint density at radius 3 is 2.68 bits per heavy atom. The van der Waals surface area contributed by atoms with Crippen LogP contribution in [0.15, 0.2) is 36.5 Å². The van der Waals surface area contributed by atoms with Gasteiger partial charge in [-0.3, -0.25) is 20.0 Å². The van der Waals surface area contributed by atoms with E-state index < -0.39 is 0 Å². The van der Waals surface area contributed by atoms with Crippen molar-refractivity contribution in [1.82, 2.24) is 10.4 Å². The number of aromatic nitrogens is 1. The number of hydrogen-bond donors (Lipinski definition) is 3. The summed E-state index contributed by atoms with van der Waals surface area (Å²) in [6, 6.07) is 9.12. The maximum atomic E-state index is 12.5. The van der Waals surface area contributed by atoms with Crippen LogP contribution in [0.1, 0.15) is 27.9 Å². The van der Waals surface area contributed by atoms with Crippen LogP contribution in [0.3, 0.4) is 0 Å². The molecule has 0 radical (unpaired) electrons. The Morgan fingerprint density at radius 1 is 1.13 bits per heavy atom. The summed E-state index contributed by atoms with van der Waals surface area (Å²) in [6.45, 7) is 4.80. The van der Waals surface area contributed by atoms with Crippen LogP contribution in [-0.2, 0) is 20.7 Å². The maximum Gasteiger partial charge on any atom is 0.256 e. The summed E-state index contributed by atoms with van der Waals surface area (Å²) in [5, 5.41) is 4.61. The molecule has 0 aliphatic carbocycles. The van der Waals surface area contributed by atoms with Crippen LogP contribution in [-0.4, -0.2) is 56.3 Å². The number of nitrogens with zero attached hydrogens (tertiary/aromatic N) is 2. The minimum atomic E-state index is -0.214. The van der Waals surface area contributed by atoms with Gasteiger partial charge in [0.25, 0.3) is 5.91 Å². The molecule has 3 rings (SSSR count). The highest BCUT2D eigenvalue weighted by Gasteiger charge is 2.22. The molecule has 31 heavy (non-hydrogen) atoms. The molecule has 0 fully saturated rings. The first-order valence-electron chi connectivity index (χ1n) is 10.4. The quantitative estimate of drug-likeness (QED) is 0.464. The van der Waals surface area contributed by atoms with Crippen molar-refractivity contribution in [3.8, 4) is 0 Å². The van der Waals surface area contributed by atoms with Crippen LogP contribution >= 0.6 is 0 Å². The normalized spacial score (nSPS) is 12.5. The third-order valence-electron chi connectivity index (χ3n) is 4.76. The molecule has 1 aromatic carbocycles. The smallest absolute Gasteiger partial charge is 0.256 e. The topological polar surface area (TPSA) is 119 Å². The van der Waals surface area contributed by atoms with Crippen molar-refractivity contribution >= 4 is 23.3 Å². The van der Waals surface area contributed by atoms with E-state index in [9.17, 15) is 9.59 Å². The molecule has 2 aromatic rings. The molecule has 2 amide bonds. The Balaban J connectivity index is 1.47. The van der Waals surface area contributed by atoms with Crippen LogP contribution in [0.4, 0.5) is 11.5 Å². The van der Waals surface area contributed by atoms with Crippen LogP contribution in [0.25, 0.3) is 0 Å². The lowest BCUT2D eigenvalue weighted by molar-refractivity contribution is -0.122. The van der Waals surface area contributed by atoms with Crippen molar-refractivity contribution in [1.29, 1.82) is 0 Å². The van der Waals surface area contributed by atoms with Crippen molar-refractivity contribution in [2.45, 2.75) is 19.8 Å². The lowest BCUT2D eigenvalue weighted by atomic mass is 10.1. The number of hydrazine groups is 1. The predicted octanol–water partition coefficient (Wildman–Crippen LogP) is 1.42. The summed E-state index contributed by atoms with van der Waals surface area (Å²) in [5.41, 5.74) is 11.7. The molecule has 0 bridgehead atoms. The lowest BCUT2D eigenvalue weighted by Crippen LogP contribution is -2.41. The first-order chi connectivity index (χ1) is 15.1. The third kappa shape index (κ3) is 6.74. The van der Waals surface area contributed by atoms with Gasteiger partial charge in [0.05, 0.1) is 38.5 Å². The summed E-state index contributed by atoms with van der Waals surface area (Å²) < 4.78 is 10.6. The zero-order chi connectivity index (χ0) is 22.1. The van der Waals surface area contributed by atoms with Gasteiger partial charge in [0.2, 0.25) is 5.91 Å². The van der Waals surface area contributed by atoms with Gasteiger partial charge in [-0.1, -0.05) is 6.07 Å². The summed E-state index contributed by atoms with van der Waals surface area (Å²) in [4.78, 5) is 28.9. The fourth-order valence-corrected chi connectivity index (χ4v) is 3.17. The summed E-state index contributed by atoms with van der Waals surface area (Å²) in [6.07, 6.45) is 2.71. The number of nitrogens with two attached hydrogens (primary N) is 1. The van der Waals surface area contributed by atoms with Crippen molar-refractivity contribution in [3.63, 3.8) is 0 Å². The van der Waals surface area contributed by atoms with E-state index in [1.807, 2.05) is 30.1 Å². The minimum absolute atomic E-state index is 0.122. The molecule has 1 aliphatic heterocycles. The largest absolute Gasteiger partial charge is 0.379 e. The summed E-state index contributed by atoms with van der Waals surface area (Å²) in [5.74, 6) is 0.176. The monoisotopic (exact) mass is 427 g/mol. The van der Waals surface area contributed by atoms with Gasteiger partial charge in [0, 0.05) is 24.8 Å². The average Bonchev–Trinajstić information content (AvgIpc) is 3.16. The highest BCUT2D eigenvalue weighted by atomic mass is 16.5. The van der Waals surface area contributed by atoms with Gasteiger partial charge in [-0.15, -0.1) is 0 Å². The van der Waals surface area contributed by atoms with Crippen molar-refractivity contribution in [2.75, 3.05) is 49.8 Å². The van der Waals surface area contributed by atoms with Gasteiger partial charge in [0.15, 0.2) is 0 Å². The van der Waals surface area contributed by atoms with Gasteiger partial charge in [-0.2, -0.15) is 0 Å².